The van der Waals surface area contributed by atoms with E-state index in [2.05, 4.69) is 341 Å². The first-order valence-electron chi connectivity index (χ1n) is 31.0. The van der Waals surface area contributed by atoms with Gasteiger partial charge in [-0.2, -0.15) is 12.1 Å². The van der Waals surface area contributed by atoms with Crippen molar-refractivity contribution in [1.29, 1.82) is 0 Å². The summed E-state index contributed by atoms with van der Waals surface area (Å²) in [4.78, 5) is 9.94. The van der Waals surface area contributed by atoms with E-state index in [4.69, 9.17) is 9.72 Å². The smallest absolute Gasteiger partial charge is 0.135 e. The summed E-state index contributed by atoms with van der Waals surface area (Å²) in [5.74, 6) is 2.03. The summed E-state index contributed by atoms with van der Waals surface area (Å²) < 4.78 is 9.55. The van der Waals surface area contributed by atoms with Crippen LogP contribution in [0.5, 0.6) is 11.5 Å². The van der Waals surface area contributed by atoms with Gasteiger partial charge in [0.15, 0.2) is 0 Å². The van der Waals surface area contributed by atoms with Crippen molar-refractivity contribution in [3.63, 3.8) is 0 Å². The summed E-state index contributed by atoms with van der Waals surface area (Å²) in [6.07, 6.45) is 2.01. The van der Waals surface area contributed by atoms with Crippen LogP contribution in [-0.2, 0) is 48.1 Å². The van der Waals surface area contributed by atoms with E-state index >= 15 is 0 Å². The van der Waals surface area contributed by atoms with E-state index in [1.54, 1.807) is 0 Å². The number of hydrogen-bond acceptors (Lipinski definition) is 4. The number of anilines is 4. The molecule has 2 aliphatic rings. The molecule has 0 atom stereocenters. The van der Waals surface area contributed by atoms with E-state index in [1.165, 1.54) is 44.5 Å². The summed E-state index contributed by atoms with van der Waals surface area (Å²) in [6.45, 7) is 29.8. The van der Waals surface area contributed by atoms with E-state index in [1.807, 2.05) is 6.20 Å². The summed E-state index contributed by atoms with van der Waals surface area (Å²) in [5, 5.41) is 2.17. The number of hydrogen-bond donors (Lipinski definition) is 0. The molecule has 89 heavy (non-hydrogen) atoms. The third kappa shape index (κ3) is 10.2. The Morgan fingerprint density at radius 3 is 1.55 bits per heavy atom. The van der Waals surface area contributed by atoms with Crippen molar-refractivity contribution in [3.05, 3.63) is 294 Å². The maximum Gasteiger partial charge on any atom is 0.135 e. The monoisotopic (exact) mass is 1340 g/mol. The van der Waals surface area contributed by atoms with Gasteiger partial charge in [-0.1, -0.05) is 252 Å². The minimum Gasteiger partial charge on any atom is -0.509 e. The molecule has 1 aliphatic carbocycles. The number of rotatable bonds is 9. The van der Waals surface area contributed by atoms with Crippen LogP contribution in [0.4, 0.5) is 22.7 Å². The largest absolute Gasteiger partial charge is 0.509 e. The number of pyridine rings is 1. The zero-order valence-corrected chi connectivity index (χ0v) is 55.3. The molecule has 14 rings (SSSR count). The molecule has 0 N–H and O–H groups in total. The number of ether oxygens (including phenoxy) is 1. The van der Waals surface area contributed by atoms with Crippen molar-refractivity contribution in [1.82, 2.24) is 9.55 Å². The van der Waals surface area contributed by atoms with Gasteiger partial charge in [-0.05, 0) is 125 Å². The molecule has 446 valence electrons. The number of fused-ring (bicyclic) bond motifs is 7. The van der Waals surface area contributed by atoms with Crippen LogP contribution in [0.3, 0.4) is 0 Å². The molecule has 5 nitrogen and oxygen atoms in total. The predicted octanol–water partition coefficient (Wildman–Crippen LogP) is 21.9. The average Bonchev–Trinajstić information content (AvgIpc) is 1.57. The summed E-state index contributed by atoms with van der Waals surface area (Å²) >= 11 is 0. The fourth-order valence-electron chi connectivity index (χ4n) is 13.5. The van der Waals surface area contributed by atoms with Gasteiger partial charge >= 0.3 is 0 Å². The molecule has 10 aromatic carbocycles. The van der Waals surface area contributed by atoms with Crippen LogP contribution >= 0.6 is 0 Å². The van der Waals surface area contributed by atoms with Gasteiger partial charge in [0.1, 0.15) is 5.82 Å². The standard InChI is InChI=1S/C83H75N4O.Pt/c1-79(2,3)57-45-58(80(4,5)6)47-60(46-57)83(69-34-22-19-31-63(69)64-32-20-23-35-70(64)83)56-43-44-84-77(50-56)87-72-36-24-21-33-65(72)66-41-40-62(52-75(66)87)88-76-51-61(39-42-71(76)82(10,11)12)85-53-86(74-38-26-25-37-73(74)85)78-67(54-27-15-13-16-28-54)48-59(81(7,8)9)49-68(78)55-29-17-14-18-30-55;/h13-50,53H,1-12H3;/q-3;. The second-order valence-electron chi connectivity index (χ2n) is 28.2. The molecular formula is C83H75N4OPt-3. The fraction of sp³-hybridized carbons (Fsp3) is 0.205. The summed E-state index contributed by atoms with van der Waals surface area (Å²) in [5.41, 5.74) is 21.8. The average molecular weight is 1340 g/mol. The normalized spacial score (nSPS) is 13.8. The van der Waals surface area contributed by atoms with Crippen LogP contribution in [0.1, 0.15) is 128 Å². The molecule has 0 saturated carbocycles. The zero-order valence-electron chi connectivity index (χ0n) is 53.0. The number of nitrogens with zero attached hydrogens (tertiary/aromatic N) is 4. The number of para-hydroxylation sites is 3. The SMILES string of the molecule is CC(C)(C)c1cc(C(C)(C)C)cc(C2(c3ccnc(-n4c5[c-]c(Oc6[c-]c(N7[CH-]N(c8c(-c9ccccc9)cc(C(C)(C)C)cc8-c8ccccc8)c8ccccc87)ccc6C(C)(C)C)ccc5c5ccccc54)c3)c3ccccc3-c3ccccc32)c1.[Pt]. The summed E-state index contributed by atoms with van der Waals surface area (Å²) in [6, 6.07) is 90.1. The van der Waals surface area contributed by atoms with Gasteiger partial charge in [0.25, 0.3) is 0 Å². The molecular weight excluding hydrogens is 1260 g/mol. The van der Waals surface area contributed by atoms with E-state index in [9.17, 15) is 0 Å². The van der Waals surface area contributed by atoms with Crippen molar-refractivity contribution in [2.24, 2.45) is 0 Å². The minimum atomic E-state index is -0.664. The number of benzene rings is 10. The van der Waals surface area contributed by atoms with Crippen molar-refractivity contribution in [2.75, 3.05) is 9.80 Å². The molecule has 0 unspecified atom stereocenters. The van der Waals surface area contributed by atoms with Gasteiger partial charge in [-0.15, -0.1) is 47.6 Å². The molecule has 0 saturated heterocycles. The molecule has 6 heteroatoms. The van der Waals surface area contributed by atoms with Gasteiger partial charge < -0.3 is 19.1 Å². The van der Waals surface area contributed by atoms with Gasteiger partial charge in [0.2, 0.25) is 0 Å². The second kappa shape index (κ2) is 22.1. The van der Waals surface area contributed by atoms with Crippen molar-refractivity contribution < 1.29 is 25.8 Å². The van der Waals surface area contributed by atoms with Gasteiger partial charge in [0, 0.05) is 72.5 Å². The molecule has 0 fully saturated rings. The molecule has 0 bridgehead atoms. The van der Waals surface area contributed by atoms with Crippen LogP contribution in [0.15, 0.2) is 231 Å². The van der Waals surface area contributed by atoms with Gasteiger partial charge in [0.05, 0.1) is 5.41 Å². The van der Waals surface area contributed by atoms with Crippen LogP contribution in [0, 0.1) is 18.8 Å². The molecule has 0 radical (unpaired) electrons. The first-order chi connectivity index (χ1) is 42.2. The predicted molar refractivity (Wildman–Crippen MR) is 367 cm³/mol. The third-order valence-corrected chi connectivity index (χ3v) is 18.2. The Balaban J connectivity index is 0.00000729. The minimum absolute atomic E-state index is 0. The summed E-state index contributed by atoms with van der Waals surface area (Å²) in [7, 11) is 0. The van der Waals surface area contributed by atoms with Gasteiger partial charge in [-0.25, -0.2) is 4.98 Å². The molecule has 0 amide bonds. The van der Waals surface area contributed by atoms with E-state index < -0.39 is 5.41 Å². The Hall–Kier alpha value is -8.76. The van der Waals surface area contributed by atoms with Crippen molar-refractivity contribution >= 4 is 44.6 Å². The van der Waals surface area contributed by atoms with Gasteiger partial charge in [-0.3, -0.25) is 0 Å². The maximum atomic E-state index is 7.26. The van der Waals surface area contributed by atoms with Crippen LogP contribution in [0.25, 0.3) is 61.0 Å². The Morgan fingerprint density at radius 1 is 0.438 bits per heavy atom. The van der Waals surface area contributed by atoms with E-state index in [-0.39, 0.29) is 42.7 Å². The molecule has 3 heterocycles. The molecule has 1 aliphatic heterocycles. The Bertz CT molecular complexity index is 4540. The quantitative estimate of drug-likeness (QED) is 0.135. The topological polar surface area (TPSA) is 33.5 Å². The molecule has 2 aromatic heterocycles. The first-order valence-corrected chi connectivity index (χ1v) is 31.0. The zero-order chi connectivity index (χ0) is 61.1. The Labute approximate surface area is 541 Å². The van der Waals surface area contributed by atoms with Crippen LogP contribution in [0.2, 0.25) is 0 Å². The number of aromatic nitrogens is 2. The Morgan fingerprint density at radius 2 is 0.966 bits per heavy atom. The maximum absolute atomic E-state index is 7.26. The first kappa shape index (κ1) is 59.2. The Kier molecular flexibility index (Phi) is 14.7. The van der Waals surface area contributed by atoms with E-state index in [0.717, 1.165) is 83.8 Å². The fourth-order valence-corrected chi connectivity index (χ4v) is 13.5. The third-order valence-electron chi connectivity index (χ3n) is 18.2. The van der Waals surface area contributed by atoms with Crippen LogP contribution < -0.4 is 14.5 Å². The molecule has 12 aromatic rings. The molecule has 0 spiro atoms. The van der Waals surface area contributed by atoms with Crippen LogP contribution in [-0.4, -0.2) is 9.55 Å². The van der Waals surface area contributed by atoms with Crippen molar-refractivity contribution in [2.45, 2.75) is 110 Å². The van der Waals surface area contributed by atoms with Crippen molar-refractivity contribution in [3.8, 4) is 50.7 Å². The second-order valence-corrected chi connectivity index (χ2v) is 28.2. The van der Waals surface area contributed by atoms with E-state index in [0.29, 0.717) is 11.5 Å².